The van der Waals surface area contributed by atoms with E-state index < -0.39 is 0 Å². The van der Waals surface area contributed by atoms with Gasteiger partial charge in [0, 0.05) is 38.8 Å². The Balaban J connectivity index is 1.49. The van der Waals surface area contributed by atoms with Crippen LogP contribution in [0.15, 0.2) is 0 Å². The second-order valence-electron chi connectivity index (χ2n) is 6.81. The highest BCUT2D eigenvalue weighted by Gasteiger charge is 2.35. The first-order valence-electron chi connectivity index (χ1n) is 7.98. The first-order valence-corrected chi connectivity index (χ1v) is 7.98. The zero-order valence-corrected chi connectivity index (χ0v) is 11.7. The molecule has 104 valence electrons. The van der Waals surface area contributed by atoms with Crippen LogP contribution >= 0.6 is 0 Å². The predicted octanol–water partition coefficient (Wildman–Crippen LogP) is 1.68. The molecule has 1 aliphatic heterocycles. The van der Waals surface area contributed by atoms with Crippen molar-refractivity contribution >= 4 is 0 Å². The molecule has 0 radical (unpaired) electrons. The van der Waals surface area contributed by atoms with Gasteiger partial charge in [0.15, 0.2) is 0 Å². The molecule has 1 heterocycles. The van der Waals surface area contributed by atoms with Crippen LogP contribution in [0.25, 0.3) is 0 Å². The van der Waals surface area contributed by atoms with Gasteiger partial charge in [-0.3, -0.25) is 4.90 Å². The summed E-state index contributed by atoms with van der Waals surface area (Å²) in [5, 5.41) is 0. The molecule has 1 saturated heterocycles. The minimum atomic E-state index is 0.458. The molecule has 0 aromatic rings. The van der Waals surface area contributed by atoms with Crippen LogP contribution < -0.4 is 5.73 Å². The fraction of sp³-hybridized carbons (Fsp3) is 1.00. The highest BCUT2D eigenvalue weighted by Crippen LogP contribution is 2.36. The smallest absolute Gasteiger partial charge is 0.0113 e. The molecule has 3 heteroatoms. The quantitative estimate of drug-likeness (QED) is 0.825. The lowest BCUT2D eigenvalue weighted by Gasteiger charge is -2.43. The van der Waals surface area contributed by atoms with Crippen molar-refractivity contribution in [3.05, 3.63) is 0 Å². The molecule has 0 bridgehead atoms. The number of hydrogen-bond acceptors (Lipinski definition) is 3. The van der Waals surface area contributed by atoms with Crippen LogP contribution in [0.1, 0.15) is 44.9 Å². The summed E-state index contributed by atoms with van der Waals surface area (Å²) in [4.78, 5) is 5.39. The van der Waals surface area contributed by atoms with Crippen molar-refractivity contribution in [3.63, 3.8) is 0 Å². The Hall–Kier alpha value is -0.120. The Morgan fingerprint density at radius 2 is 1.61 bits per heavy atom. The minimum absolute atomic E-state index is 0.458. The fourth-order valence-corrected chi connectivity index (χ4v) is 3.93. The molecular weight excluding hydrogens is 222 g/mol. The van der Waals surface area contributed by atoms with Crippen LogP contribution in [-0.4, -0.2) is 55.1 Å². The lowest BCUT2D eigenvalue weighted by Crippen LogP contribution is -2.52. The second-order valence-corrected chi connectivity index (χ2v) is 6.81. The SMILES string of the molecule is NCC1(CN2CCN(C3CC3)CC2)CCCCC1. The van der Waals surface area contributed by atoms with Crippen LogP contribution in [0.4, 0.5) is 0 Å². The molecule has 0 unspecified atom stereocenters. The summed E-state index contributed by atoms with van der Waals surface area (Å²) >= 11 is 0. The van der Waals surface area contributed by atoms with Gasteiger partial charge in [-0.25, -0.2) is 0 Å². The Kier molecular flexibility index (Phi) is 3.92. The van der Waals surface area contributed by atoms with Gasteiger partial charge in [0.1, 0.15) is 0 Å². The maximum atomic E-state index is 6.10. The number of hydrogen-bond donors (Lipinski definition) is 1. The van der Waals surface area contributed by atoms with E-state index in [1.54, 1.807) is 0 Å². The Morgan fingerprint density at radius 3 is 2.17 bits per heavy atom. The van der Waals surface area contributed by atoms with Gasteiger partial charge in [0.25, 0.3) is 0 Å². The van der Waals surface area contributed by atoms with Crippen LogP contribution in [0.2, 0.25) is 0 Å². The molecule has 2 aliphatic carbocycles. The molecule has 3 aliphatic rings. The number of nitrogens with zero attached hydrogens (tertiary/aromatic N) is 2. The molecule has 3 rings (SSSR count). The maximum Gasteiger partial charge on any atom is 0.0113 e. The highest BCUT2D eigenvalue weighted by molar-refractivity contribution is 4.91. The lowest BCUT2D eigenvalue weighted by molar-refractivity contribution is 0.0643. The first-order chi connectivity index (χ1) is 8.81. The molecule has 0 aromatic carbocycles. The zero-order chi connectivity index (χ0) is 12.4. The van der Waals surface area contributed by atoms with Crippen molar-refractivity contribution in [3.8, 4) is 0 Å². The van der Waals surface area contributed by atoms with Crippen LogP contribution in [-0.2, 0) is 0 Å². The second kappa shape index (κ2) is 5.48. The fourth-order valence-electron chi connectivity index (χ4n) is 3.93. The van der Waals surface area contributed by atoms with Crippen LogP contribution in [0, 0.1) is 5.41 Å². The molecule has 3 fully saturated rings. The van der Waals surface area contributed by atoms with E-state index in [-0.39, 0.29) is 0 Å². The van der Waals surface area contributed by atoms with E-state index in [4.69, 9.17) is 5.73 Å². The van der Waals surface area contributed by atoms with Crippen LogP contribution in [0.5, 0.6) is 0 Å². The van der Waals surface area contributed by atoms with Gasteiger partial charge in [-0.05, 0) is 37.6 Å². The first kappa shape index (κ1) is 12.9. The van der Waals surface area contributed by atoms with Crippen LogP contribution in [0.3, 0.4) is 0 Å². The molecule has 0 aromatic heterocycles. The van der Waals surface area contributed by atoms with Gasteiger partial charge in [0.2, 0.25) is 0 Å². The summed E-state index contributed by atoms with van der Waals surface area (Å²) in [6.07, 6.45) is 9.87. The van der Waals surface area contributed by atoms with Crippen molar-refractivity contribution < 1.29 is 0 Å². The molecule has 0 atom stereocenters. The van der Waals surface area contributed by atoms with E-state index >= 15 is 0 Å². The summed E-state index contributed by atoms with van der Waals surface area (Å²) in [5.41, 5.74) is 6.56. The van der Waals surface area contributed by atoms with Gasteiger partial charge in [-0.1, -0.05) is 19.3 Å². The third-order valence-electron chi connectivity index (χ3n) is 5.38. The van der Waals surface area contributed by atoms with Crippen molar-refractivity contribution in [1.82, 2.24) is 9.80 Å². The third-order valence-corrected chi connectivity index (χ3v) is 5.38. The predicted molar refractivity (Wildman–Crippen MR) is 75.6 cm³/mol. The Labute approximate surface area is 112 Å². The van der Waals surface area contributed by atoms with E-state index in [1.165, 1.54) is 77.7 Å². The monoisotopic (exact) mass is 251 g/mol. The maximum absolute atomic E-state index is 6.10. The van der Waals surface area contributed by atoms with Crippen molar-refractivity contribution in [2.24, 2.45) is 11.1 Å². The average molecular weight is 251 g/mol. The molecule has 2 saturated carbocycles. The largest absolute Gasteiger partial charge is 0.330 e. The van der Waals surface area contributed by atoms with Crippen molar-refractivity contribution in [2.45, 2.75) is 51.0 Å². The number of nitrogens with two attached hydrogens (primary N) is 1. The van der Waals surface area contributed by atoms with E-state index in [9.17, 15) is 0 Å². The number of piperazine rings is 1. The van der Waals surface area contributed by atoms with E-state index in [0.29, 0.717) is 5.41 Å². The van der Waals surface area contributed by atoms with Crippen molar-refractivity contribution in [2.75, 3.05) is 39.3 Å². The standard InChI is InChI=1S/C15H29N3/c16-12-15(6-2-1-3-7-15)13-17-8-10-18(11-9-17)14-4-5-14/h14H,1-13,16H2. The summed E-state index contributed by atoms with van der Waals surface area (Å²) in [7, 11) is 0. The van der Waals surface area contributed by atoms with Gasteiger partial charge in [0.05, 0.1) is 0 Å². The summed E-state index contributed by atoms with van der Waals surface area (Å²) in [6.45, 7) is 7.31. The molecule has 2 N–H and O–H groups in total. The number of rotatable bonds is 4. The molecule has 0 amide bonds. The zero-order valence-electron chi connectivity index (χ0n) is 11.7. The molecular formula is C15H29N3. The highest BCUT2D eigenvalue weighted by atomic mass is 15.3. The minimum Gasteiger partial charge on any atom is -0.330 e. The summed E-state index contributed by atoms with van der Waals surface area (Å²) in [5.74, 6) is 0. The van der Waals surface area contributed by atoms with Gasteiger partial charge in [-0.15, -0.1) is 0 Å². The average Bonchev–Trinajstić information content (AvgIpc) is 3.25. The topological polar surface area (TPSA) is 32.5 Å². The van der Waals surface area contributed by atoms with E-state index in [1.807, 2.05) is 0 Å². The van der Waals surface area contributed by atoms with E-state index in [0.717, 1.165) is 12.6 Å². The summed E-state index contributed by atoms with van der Waals surface area (Å²) in [6, 6.07) is 0.949. The van der Waals surface area contributed by atoms with Gasteiger partial charge < -0.3 is 10.6 Å². The summed E-state index contributed by atoms with van der Waals surface area (Å²) < 4.78 is 0. The van der Waals surface area contributed by atoms with E-state index in [2.05, 4.69) is 9.80 Å². The normalized spacial score (nSPS) is 30.5. The van der Waals surface area contributed by atoms with Crippen molar-refractivity contribution in [1.29, 1.82) is 0 Å². The lowest BCUT2D eigenvalue weighted by atomic mass is 9.73. The molecule has 0 spiro atoms. The van der Waals surface area contributed by atoms with Gasteiger partial charge >= 0.3 is 0 Å². The Bertz CT molecular complexity index is 261. The third kappa shape index (κ3) is 2.89. The molecule has 18 heavy (non-hydrogen) atoms. The molecule has 3 nitrogen and oxygen atoms in total. The Morgan fingerprint density at radius 1 is 0.944 bits per heavy atom. The van der Waals surface area contributed by atoms with Gasteiger partial charge in [-0.2, -0.15) is 0 Å².